The Labute approximate surface area is 137 Å². The van der Waals surface area contributed by atoms with Crippen LogP contribution in [-0.2, 0) is 15.8 Å². The number of carbonyl (C=O) groups is 1. The van der Waals surface area contributed by atoms with E-state index in [-0.39, 0.29) is 17.1 Å². The molecule has 0 amide bonds. The molecule has 0 bridgehead atoms. The minimum absolute atomic E-state index is 0.183. The molecule has 23 heavy (non-hydrogen) atoms. The third kappa shape index (κ3) is 4.11. The zero-order valence-electron chi connectivity index (χ0n) is 12.0. The quantitative estimate of drug-likeness (QED) is 0.874. The molecule has 1 heterocycles. The first-order valence-electron chi connectivity index (χ1n) is 6.40. The van der Waals surface area contributed by atoms with E-state index in [2.05, 4.69) is 4.72 Å². The lowest BCUT2D eigenvalue weighted by Crippen LogP contribution is -2.31. The van der Waals surface area contributed by atoms with Crippen LogP contribution in [0, 0.1) is 6.92 Å². The summed E-state index contributed by atoms with van der Waals surface area (Å²) in [5, 5.41) is 9.48. The van der Waals surface area contributed by atoms with Gasteiger partial charge in [0.25, 0.3) is 5.56 Å². The van der Waals surface area contributed by atoms with Crippen molar-refractivity contribution in [2.45, 2.75) is 12.7 Å². The van der Waals surface area contributed by atoms with Gasteiger partial charge in [0, 0.05) is 10.7 Å². The van der Waals surface area contributed by atoms with E-state index in [4.69, 9.17) is 16.7 Å². The SMILES string of the molecule is Cc1ccc(NS(=O)(=O)Cc2ccc(Cl)cc2)c(=O)n1C(=O)O. The molecule has 0 saturated carbocycles. The van der Waals surface area contributed by atoms with Gasteiger partial charge in [0.05, 0.1) is 5.75 Å². The lowest BCUT2D eigenvalue weighted by Gasteiger charge is -2.10. The fourth-order valence-corrected chi connectivity index (χ4v) is 3.27. The summed E-state index contributed by atoms with van der Waals surface area (Å²) in [6.07, 6.45) is -1.48. The summed E-state index contributed by atoms with van der Waals surface area (Å²) in [7, 11) is -3.88. The molecule has 9 heteroatoms. The number of hydrogen-bond acceptors (Lipinski definition) is 4. The highest BCUT2D eigenvalue weighted by Gasteiger charge is 2.17. The van der Waals surface area contributed by atoms with E-state index >= 15 is 0 Å². The number of halogens is 1. The summed E-state index contributed by atoms with van der Waals surface area (Å²) < 4.78 is 26.9. The number of aryl methyl sites for hydroxylation is 1. The van der Waals surface area contributed by atoms with Crippen LogP contribution in [0.1, 0.15) is 11.3 Å². The van der Waals surface area contributed by atoms with Crippen LogP contribution < -0.4 is 10.3 Å². The summed E-state index contributed by atoms with van der Waals surface area (Å²) in [6, 6.07) is 8.77. The third-order valence-corrected chi connectivity index (χ3v) is 4.50. The molecule has 0 radical (unpaired) electrons. The van der Waals surface area contributed by atoms with Crippen LogP contribution in [0.3, 0.4) is 0 Å². The zero-order chi connectivity index (χ0) is 17.2. The second kappa shape index (κ2) is 6.43. The number of aromatic nitrogens is 1. The molecule has 0 aliphatic rings. The van der Waals surface area contributed by atoms with Gasteiger partial charge in [0.2, 0.25) is 10.0 Å². The average molecular weight is 357 g/mol. The third-order valence-electron chi connectivity index (χ3n) is 3.00. The predicted octanol–water partition coefficient (Wildman–Crippen LogP) is 2.28. The Morgan fingerprint density at radius 1 is 1.22 bits per heavy atom. The van der Waals surface area contributed by atoms with Gasteiger partial charge in [-0.05, 0) is 36.8 Å². The van der Waals surface area contributed by atoms with Crippen LogP contribution in [0.25, 0.3) is 0 Å². The monoisotopic (exact) mass is 356 g/mol. The second-order valence-electron chi connectivity index (χ2n) is 4.80. The van der Waals surface area contributed by atoms with E-state index in [1.54, 1.807) is 24.3 Å². The van der Waals surface area contributed by atoms with Crippen molar-refractivity contribution in [2.24, 2.45) is 0 Å². The van der Waals surface area contributed by atoms with Gasteiger partial charge in [-0.1, -0.05) is 23.7 Å². The molecule has 2 aromatic rings. The number of carboxylic acid groups (broad SMARTS) is 1. The van der Waals surface area contributed by atoms with E-state index in [1.165, 1.54) is 19.1 Å². The first kappa shape index (κ1) is 17.0. The Balaban J connectivity index is 2.31. The second-order valence-corrected chi connectivity index (χ2v) is 6.96. The van der Waals surface area contributed by atoms with E-state index in [0.29, 0.717) is 15.2 Å². The maximum absolute atomic E-state index is 12.1. The van der Waals surface area contributed by atoms with Crippen molar-refractivity contribution in [3.05, 3.63) is 63.0 Å². The minimum Gasteiger partial charge on any atom is -0.464 e. The van der Waals surface area contributed by atoms with Crippen molar-refractivity contribution < 1.29 is 18.3 Å². The first-order chi connectivity index (χ1) is 10.7. The van der Waals surface area contributed by atoms with Crippen LogP contribution in [0.5, 0.6) is 0 Å². The molecule has 0 unspecified atom stereocenters. The molecule has 2 rings (SSSR count). The number of sulfonamides is 1. The van der Waals surface area contributed by atoms with Gasteiger partial charge in [-0.3, -0.25) is 9.52 Å². The van der Waals surface area contributed by atoms with Gasteiger partial charge < -0.3 is 5.11 Å². The lowest BCUT2D eigenvalue weighted by atomic mass is 10.2. The smallest absolute Gasteiger partial charge is 0.418 e. The van der Waals surface area contributed by atoms with Crippen LogP contribution in [0.15, 0.2) is 41.2 Å². The summed E-state index contributed by atoms with van der Waals surface area (Å²) in [5.41, 5.74) is -0.611. The van der Waals surface area contributed by atoms with Crippen molar-refractivity contribution >= 4 is 33.4 Å². The number of anilines is 1. The van der Waals surface area contributed by atoms with E-state index in [9.17, 15) is 18.0 Å². The standard InChI is InChI=1S/C14H13ClN2O5S/c1-9-2-7-12(13(18)17(9)14(19)20)16-23(21,22)8-10-3-5-11(15)6-4-10/h2-7,16H,8H2,1H3,(H,19,20). The Hall–Kier alpha value is -2.32. The summed E-state index contributed by atoms with van der Waals surface area (Å²) in [5.74, 6) is -0.370. The normalized spacial score (nSPS) is 11.2. The molecular weight excluding hydrogens is 344 g/mol. The van der Waals surface area contributed by atoms with E-state index < -0.39 is 21.7 Å². The van der Waals surface area contributed by atoms with Gasteiger partial charge in [-0.15, -0.1) is 0 Å². The Bertz CT molecular complexity index is 904. The maximum atomic E-state index is 12.1. The topological polar surface area (TPSA) is 105 Å². The highest BCUT2D eigenvalue weighted by molar-refractivity contribution is 7.91. The number of pyridine rings is 1. The number of nitrogens with one attached hydrogen (secondary N) is 1. The summed E-state index contributed by atoms with van der Waals surface area (Å²) in [6.45, 7) is 1.43. The van der Waals surface area contributed by atoms with Gasteiger partial charge in [-0.25, -0.2) is 17.8 Å². The first-order valence-corrected chi connectivity index (χ1v) is 8.43. The van der Waals surface area contributed by atoms with Crippen LogP contribution in [0.4, 0.5) is 10.5 Å². The number of benzene rings is 1. The molecule has 7 nitrogen and oxygen atoms in total. The van der Waals surface area contributed by atoms with Crippen molar-refractivity contribution in [3.8, 4) is 0 Å². The average Bonchev–Trinajstić information content (AvgIpc) is 2.44. The number of rotatable bonds is 4. The molecule has 0 fully saturated rings. The van der Waals surface area contributed by atoms with Gasteiger partial charge >= 0.3 is 6.09 Å². The molecule has 0 aliphatic heterocycles. The van der Waals surface area contributed by atoms with E-state index in [1.807, 2.05) is 0 Å². The van der Waals surface area contributed by atoms with Crippen molar-refractivity contribution in [3.63, 3.8) is 0 Å². The summed E-state index contributed by atoms with van der Waals surface area (Å²) >= 11 is 5.73. The number of nitrogens with zero attached hydrogens (tertiary/aromatic N) is 1. The van der Waals surface area contributed by atoms with Crippen molar-refractivity contribution in [1.29, 1.82) is 0 Å². The molecule has 1 aromatic carbocycles. The fourth-order valence-electron chi connectivity index (χ4n) is 1.95. The molecule has 0 atom stereocenters. The Kier molecular flexibility index (Phi) is 4.76. The molecule has 1 aromatic heterocycles. The van der Waals surface area contributed by atoms with Crippen molar-refractivity contribution in [2.75, 3.05) is 4.72 Å². The largest absolute Gasteiger partial charge is 0.464 e. The molecular formula is C14H13ClN2O5S. The van der Waals surface area contributed by atoms with Gasteiger partial charge in [-0.2, -0.15) is 0 Å². The predicted molar refractivity (Wildman–Crippen MR) is 86.6 cm³/mol. The number of hydrogen-bond donors (Lipinski definition) is 2. The molecule has 0 saturated heterocycles. The summed E-state index contributed by atoms with van der Waals surface area (Å²) in [4.78, 5) is 23.1. The highest BCUT2D eigenvalue weighted by atomic mass is 35.5. The van der Waals surface area contributed by atoms with E-state index in [0.717, 1.165) is 0 Å². The maximum Gasteiger partial charge on any atom is 0.418 e. The lowest BCUT2D eigenvalue weighted by molar-refractivity contribution is 0.194. The minimum atomic E-state index is -3.88. The van der Waals surface area contributed by atoms with Gasteiger partial charge in [0.15, 0.2) is 0 Å². The molecule has 0 aliphatic carbocycles. The molecule has 2 N–H and O–H groups in total. The van der Waals surface area contributed by atoms with Crippen LogP contribution in [-0.4, -0.2) is 24.2 Å². The highest BCUT2D eigenvalue weighted by Crippen LogP contribution is 2.14. The fraction of sp³-hybridized carbons (Fsp3) is 0.143. The van der Waals surface area contributed by atoms with Crippen LogP contribution in [0.2, 0.25) is 5.02 Å². The molecule has 122 valence electrons. The Morgan fingerprint density at radius 2 is 1.83 bits per heavy atom. The molecule has 0 spiro atoms. The zero-order valence-corrected chi connectivity index (χ0v) is 13.6. The van der Waals surface area contributed by atoms with Crippen molar-refractivity contribution in [1.82, 2.24) is 4.57 Å². The van der Waals surface area contributed by atoms with Gasteiger partial charge in [0.1, 0.15) is 5.69 Å². The Morgan fingerprint density at radius 3 is 2.39 bits per heavy atom. The van der Waals surface area contributed by atoms with Crippen LogP contribution >= 0.6 is 11.6 Å².